The summed E-state index contributed by atoms with van der Waals surface area (Å²) in [4.78, 5) is 26.9. The Hall–Kier alpha value is -2.32. The Bertz CT molecular complexity index is 836. The van der Waals surface area contributed by atoms with E-state index in [1.807, 2.05) is 12.1 Å². The molecule has 8 nitrogen and oxygen atoms in total. The summed E-state index contributed by atoms with van der Waals surface area (Å²) < 4.78 is 23.4. The van der Waals surface area contributed by atoms with Gasteiger partial charge in [0.1, 0.15) is 25.6 Å². The largest absolute Gasteiger partial charge is 0.490 e. The number of ether oxygens (including phenoxy) is 4. The molecular weight excluding hydrogens is 412 g/mol. The van der Waals surface area contributed by atoms with Crippen LogP contribution in [0.1, 0.15) is 50.0 Å². The van der Waals surface area contributed by atoms with E-state index < -0.39 is 11.6 Å². The lowest BCUT2D eigenvalue weighted by Crippen LogP contribution is -2.72. The summed E-state index contributed by atoms with van der Waals surface area (Å²) in [6.07, 6.45) is 5.35. The van der Waals surface area contributed by atoms with Gasteiger partial charge < -0.3 is 29.2 Å². The van der Waals surface area contributed by atoms with Crippen LogP contribution in [0.3, 0.4) is 0 Å². The topological polar surface area (TPSA) is 86.3 Å². The van der Waals surface area contributed by atoms with E-state index >= 15 is 0 Å². The third kappa shape index (κ3) is 4.43. The van der Waals surface area contributed by atoms with Crippen molar-refractivity contribution in [1.29, 1.82) is 0 Å². The van der Waals surface area contributed by atoms with Crippen molar-refractivity contribution in [2.24, 2.45) is 0 Å². The number of fused-ring (bicyclic) bond motifs is 7. The van der Waals surface area contributed by atoms with E-state index in [0.717, 1.165) is 44.3 Å². The molecule has 32 heavy (non-hydrogen) atoms. The molecule has 8 heteroatoms. The molecule has 2 atom stereocenters. The minimum absolute atomic E-state index is 0.0568. The van der Waals surface area contributed by atoms with Crippen LogP contribution in [0.25, 0.3) is 0 Å². The summed E-state index contributed by atoms with van der Waals surface area (Å²) in [5, 5.41) is 3.13. The first kappa shape index (κ1) is 21.5. The highest BCUT2D eigenvalue weighted by molar-refractivity contribution is 5.79. The average molecular weight is 445 g/mol. The number of morpholine rings is 1. The minimum Gasteiger partial charge on any atom is -0.490 e. The van der Waals surface area contributed by atoms with E-state index in [0.29, 0.717) is 32.3 Å². The number of carbonyl (C=O) groups is 2. The van der Waals surface area contributed by atoms with Gasteiger partial charge in [-0.3, -0.25) is 4.79 Å². The average Bonchev–Trinajstić information content (AvgIpc) is 2.81. The van der Waals surface area contributed by atoms with Gasteiger partial charge in [-0.05, 0) is 62.1 Å². The van der Waals surface area contributed by atoms with Crippen LogP contribution >= 0.6 is 0 Å². The molecule has 4 heterocycles. The predicted octanol–water partition coefficient (Wildman–Crippen LogP) is 2.61. The molecule has 174 valence electrons. The molecule has 4 bridgehead atoms. The van der Waals surface area contributed by atoms with E-state index in [-0.39, 0.29) is 31.3 Å². The van der Waals surface area contributed by atoms with E-state index in [4.69, 9.17) is 18.9 Å². The number of hydrogen-bond acceptors (Lipinski definition) is 6. The van der Waals surface area contributed by atoms with Gasteiger partial charge in [-0.2, -0.15) is 0 Å². The summed E-state index contributed by atoms with van der Waals surface area (Å²) in [6, 6.07) is 7.92. The first-order valence-corrected chi connectivity index (χ1v) is 11.8. The van der Waals surface area contributed by atoms with Crippen molar-refractivity contribution >= 4 is 12.0 Å². The molecule has 0 radical (unpaired) electrons. The Morgan fingerprint density at radius 3 is 2.75 bits per heavy atom. The smallest absolute Gasteiger partial charge is 0.410 e. The van der Waals surface area contributed by atoms with Crippen LogP contribution < -0.4 is 10.1 Å². The number of rotatable bonds is 0. The maximum Gasteiger partial charge on any atom is 0.410 e. The fraction of sp³-hybridized carbons (Fsp3) is 0.667. The van der Waals surface area contributed by atoms with Crippen molar-refractivity contribution in [1.82, 2.24) is 10.2 Å². The number of amides is 2. The zero-order chi connectivity index (χ0) is 22.0. The fourth-order valence-electron chi connectivity index (χ4n) is 5.66. The molecule has 1 aliphatic carbocycles. The Kier molecular flexibility index (Phi) is 6.24. The van der Waals surface area contributed by atoms with Gasteiger partial charge in [0, 0.05) is 6.54 Å². The normalized spacial score (nSPS) is 33.8. The molecule has 6 rings (SSSR count). The molecule has 1 N–H and O–H groups in total. The summed E-state index contributed by atoms with van der Waals surface area (Å²) in [6.45, 7) is 1.82. The van der Waals surface area contributed by atoms with Crippen LogP contribution in [0.5, 0.6) is 5.75 Å². The van der Waals surface area contributed by atoms with Crippen molar-refractivity contribution in [3.63, 3.8) is 0 Å². The van der Waals surface area contributed by atoms with Crippen LogP contribution in [0, 0.1) is 0 Å². The number of piperidine rings is 1. The molecular formula is C24H32N2O6. The summed E-state index contributed by atoms with van der Waals surface area (Å²) in [5.74, 6) is 1.17. The molecule has 2 saturated heterocycles. The van der Waals surface area contributed by atoms with Crippen molar-refractivity contribution in [2.45, 2.75) is 62.1 Å². The van der Waals surface area contributed by atoms with Gasteiger partial charge in [-0.15, -0.1) is 0 Å². The second-order valence-corrected chi connectivity index (χ2v) is 9.35. The Morgan fingerprint density at radius 2 is 1.91 bits per heavy atom. The van der Waals surface area contributed by atoms with Crippen LogP contribution in [0.15, 0.2) is 24.3 Å². The molecule has 1 aromatic rings. The molecule has 3 fully saturated rings. The van der Waals surface area contributed by atoms with Crippen molar-refractivity contribution in [3.05, 3.63) is 29.8 Å². The molecule has 2 unspecified atom stereocenters. The Morgan fingerprint density at radius 1 is 1.06 bits per heavy atom. The minimum atomic E-state index is -0.636. The van der Waals surface area contributed by atoms with Crippen molar-refractivity contribution < 1.29 is 28.5 Å². The molecule has 1 spiro atoms. The molecule has 1 saturated carbocycles. The van der Waals surface area contributed by atoms with Crippen LogP contribution in [-0.2, 0) is 19.0 Å². The predicted molar refractivity (Wildman–Crippen MR) is 116 cm³/mol. The number of nitrogens with zero attached hydrogens (tertiary/aromatic N) is 1. The summed E-state index contributed by atoms with van der Waals surface area (Å²) in [7, 11) is 0. The van der Waals surface area contributed by atoms with E-state index in [9.17, 15) is 9.59 Å². The molecule has 1 aromatic carbocycles. The lowest BCUT2D eigenvalue weighted by molar-refractivity contribution is -0.144. The SMILES string of the molecule is O=C1COCC2(CCCN3C(=O)OCCOc4cccc(c4)[C@H]4CC[C@H](CC4)OCC32)N1. The standard InChI is InChI=1S/C24H32N2O6/c27-22-15-29-16-24(25-22)9-2-10-26-21(24)14-32-19-7-5-17(6-8-19)18-3-1-4-20(13-18)30-11-12-31-23(26)28/h1,3-4,13,17,19,21H,2,5-12,14-16H2,(H,25,27)/t17-,19+,21?,24?. The number of benzene rings is 1. The maximum atomic E-state index is 13.0. The maximum absolute atomic E-state index is 13.0. The number of carbonyl (C=O) groups excluding carboxylic acids is 2. The number of hydrogen-bond donors (Lipinski definition) is 1. The van der Waals surface area contributed by atoms with Crippen molar-refractivity contribution in [3.8, 4) is 5.75 Å². The van der Waals surface area contributed by atoms with Crippen molar-refractivity contribution in [2.75, 3.05) is 39.6 Å². The van der Waals surface area contributed by atoms with Crippen LogP contribution in [-0.4, -0.2) is 74.2 Å². The zero-order valence-corrected chi connectivity index (χ0v) is 18.4. The monoisotopic (exact) mass is 444 g/mol. The fourth-order valence-corrected chi connectivity index (χ4v) is 5.66. The third-order valence-corrected chi connectivity index (χ3v) is 7.32. The quantitative estimate of drug-likeness (QED) is 0.662. The molecule has 2 amide bonds. The number of nitrogens with one attached hydrogen (secondary N) is 1. The lowest BCUT2D eigenvalue weighted by Gasteiger charge is -2.51. The zero-order valence-electron chi connectivity index (χ0n) is 18.4. The van der Waals surface area contributed by atoms with E-state index in [1.165, 1.54) is 5.56 Å². The lowest BCUT2D eigenvalue weighted by atomic mass is 9.80. The van der Waals surface area contributed by atoms with E-state index in [2.05, 4.69) is 17.4 Å². The second kappa shape index (κ2) is 9.27. The highest BCUT2D eigenvalue weighted by Gasteiger charge is 2.50. The van der Waals surface area contributed by atoms with Gasteiger partial charge in [-0.1, -0.05) is 12.1 Å². The summed E-state index contributed by atoms with van der Waals surface area (Å²) >= 11 is 0. The second-order valence-electron chi connectivity index (χ2n) is 9.35. The Labute approximate surface area is 188 Å². The van der Waals surface area contributed by atoms with Crippen LogP contribution in [0.4, 0.5) is 4.79 Å². The van der Waals surface area contributed by atoms with Gasteiger partial charge in [0.25, 0.3) is 0 Å². The first-order valence-electron chi connectivity index (χ1n) is 11.8. The highest BCUT2D eigenvalue weighted by Crippen LogP contribution is 2.37. The first-order chi connectivity index (χ1) is 15.6. The molecule has 4 aliphatic heterocycles. The third-order valence-electron chi connectivity index (χ3n) is 7.32. The van der Waals surface area contributed by atoms with Gasteiger partial charge in [0.2, 0.25) is 5.91 Å². The van der Waals surface area contributed by atoms with Gasteiger partial charge in [0.15, 0.2) is 0 Å². The molecule has 0 aromatic heterocycles. The van der Waals surface area contributed by atoms with Crippen LogP contribution in [0.2, 0.25) is 0 Å². The van der Waals surface area contributed by atoms with E-state index in [1.54, 1.807) is 4.90 Å². The van der Waals surface area contributed by atoms with Gasteiger partial charge in [-0.25, -0.2) is 4.79 Å². The highest BCUT2D eigenvalue weighted by atomic mass is 16.6. The molecule has 5 aliphatic rings. The Balaban J connectivity index is 1.38. The van der Waals surface area contributed by atoms with Gasteiger partial charge in [0.05, 0.1) is 30.9 Å². The summed E-state index contributed by atoms with van der Waals surface area (Å²) in [5.41, 5.74) is 0.660. The van der Waals surface area contributed by atoms with Gasteiger partial charge >= 0.3 is 6.09 Å².